The Morgan fingerprint density at radius 3 is 2.14 bits per heavy atom. The molecule has 3 unspecified atom stereocenters. The van der Waals surface area contributed by atoms with Gasteiger partial charge in [-0.15, -0.1) is 0 Å². The van der Waals surface area contributed by atoms with Crippen molar-refractivity contribution < 1.29 is 37.9 Å². The van der Waals surface area contributed by atoms with Gasteiger partial charge in [0, 0.05) is 19.0 Å². The Morgan fingerprint density at radius 2 is 1.65 bits per heavy atom. The highest BCUT2D eigenvalue weighted by Crippen LogP contribution is 2.55. The fraction of sp³-hybridized carbons (Fsp3) is 0.800. The van der Waals surface area contributed by atoms with Crippen molar-refractivity contribution in [2.45, 2.75) is 109 Å². The molecule has 1 heterocycles. The van der Waals surface area contributed by atoms with Crippen molar-refractivity contribution in [2.24, 2.45) is 10.8 Å². The number of piperidine rings is 1. The van der Waals surface area contributed by atoms with Crippen molar-refractivity contribution in [1.29, 1.82) is 0 Å². The molecule has 4 amide bonds. The summed E-state index contributed by atoms with van der Waals surface area (Å²) in [4.78, 5) is 65.0. The summed E-state index contributed by atoms with van der Waals surface area (Å²) >= 11 is 0. The normalized spacial score (nSPS) is 22.5. The first kappa shape index (κ1) is 28.8. The average molecular weight is 529 g/mol. The molecule has 3 fully saturated rings. The zero-order chi connectivity index (χ0) is 27.8. The van der Waals surface area contributed by atoms with Crippen LogP contribution in [-0.4, -0.2) is 76.2 Å². The predicted octanol–water partition coefficient (Wildman–Crippen LogP) is 2.21. The topological polar surface area (TPSA) is 145 Å². The van der Waals surface area contributed by atoms with Gasteiger partial charge in [0.15, 0.2) is 0 Å². The van der Waals surface area contributed by atoms with Crippen molar-refractivity contribution in [1.82, 2.24) is 20.9 Å². The number of Topliss-reactive ketones (excluding diaryl/α,β-unsaturated/α-hetero) is 1. The van der Waals surface area contributed by atoms with Crippen LogP contribution >= 0.6 is 0 Å². The van der Waals surface area contributed by atoms with Crippen molar-refractivity contribution in [3.63, 3.8) is 0 Å². The van der Waals surface area contributed by atoms with Gasteiger partial charge in [0.25, 0.3) is 5.91 Å². The maximum atomic E-state index is 13.6. The van der Waals surface area contributed by atoms with Crippen LogP contribution < -0.4 is 16.0 Å². The Hall–Kier alpha value is -2.79. The highest BCUT2D eigenvalue weighted by Gasteiger charge is 2.52. The summed E-state index contributed by atoms with van der Waals surface area (Å²) in [6, 6.07) is -3.75. The Labute approximate surface area is 215 Å². The summed E-state index contributed by atoms with van der Waals surface area (Å²) < 4.78 is 27.2. The molecule has 1 saturated heterocycles. The lowest BCUT2D eigenvalue weighted by atomic mass is 9.82. The summed E-state index contributed by atoms with van der Waals surface area (Å²) in [6.07, 6.45) is 1.64. The van der Waals surface area contributed by atoms with Crippen molar-refractivity contribution >= 4 is 29.6 Å². The Balaban J connectivity index is 1.81. The van der Waals surface area contributed by atoms with Gasteiger partial charge in [-0.1, -0.05) is 20.8 Å². The molecule has 208 valence electrons. The molecule has 2 aliphatic carbocycles. The van der Waals surface area contributed by atoms with Gasteiger partial charge in [-0.2, -0.15) is 0 Å². The van der Waals surface area contributed by atoms with Crippen LogP contribution in [0.4, 0.5) is 13.6 Å². The number of nitrogens with zero attached hydrogens (tertiary/aromatic N) is 1. The minimum absolute atomic E-state index is 0.116. The van der Waals surface area contributed by atoms with E-state index in [1.54, 1.807) is 20.8 Å². The lowest BCUT2D eigenvalue weighted by Gasteiger charge is -2.42. The highest BCUT2D eigenvalue weighted by atomic mass is 19.3. The lowest BCUT2D eigenvalue weighted by molar-refractivity contribution is -0.148. The number of likely N-dealkylation sites (tertiary alicyclic amines) is 1. The van der Waals surface area contributed by atoms with E-state index in [1.807, 2.05) is 0 Å². The first-order valence-corrected chi connectivity index (χ1v) is 12.8. The summed E-state index contributed by atoms with van der Waals surface area (Å²) in [7, 11) is 0. The molecule has 2 saturated carbocycles. The first-order valence-electron chi connectivity index (χ1n) is 12.8. The molecule has 0 bridgehead atoms. The van der Waals surface area contributed by atoms with E-state index in [4.69, 9.17) is 0 Å². The first-order chi connectivity index (χ1) is 17.0. The quantitative estimate of drug-likeness (QED) is 0.320. The van der Waals surface area contributed by atoms with Gasteiger partial charge in [-0.25, -0.2) is 13.6 Å². The summed E-state index contributed by atoms with van der Waals surface area (Å²) in [5, 5.41) is 16.6. The van der Waals surface area contributed by atoms with E-state index in [0.717, 1.165) is 25.7 Å². The number of carbonyl (C=O) groups excluding carboxylic acids is 4. The minimum Gasteiger partial charge on any atom is -0.465 e. The molecular weight excluding hydrogens is 490 g/mol. The number of rotatable bonds is 10. The molecular formula is C25H38F2N4O6. The number of nitrogens with one attached hydrogen (secondary N) is 3. The molecule has 37 heavy (non-hydrogen) atoms. The second-order valence-corrected chi connectivity index (χ2v) is 12.0. The fourth-order valence-corrected chi connectivity index (χ4v) is 4.78. The van der Waals surface area contributed by atoms with Gasteiger partial charge in [0.1, 0.15) is 12.1 Å². The number of carbonyl (C=O) groups is 5. The molecule has 10 nitrogen and oxygen atoms in total. The summed E-state index contributed by atoms with van der Waals surface area (Å²) in [5.41, 5.74) is -0.910. The molecule has 0 radical (unpaired) electrons. The van der Waals surface area contributed by atoms with Crippen molar-refractivity contribution in [3.8, 4) is 0 Å². The van der Waals surface area contributed by atoms with Crippen LogP contribution in [0.2, 0.25) is 0 Å². The molecule has 1 aliphatic heterocycles. The zero-order valence-electron chi connectivity index (χ0n) is 21.9. The van der Waals surface area contributed by atoms with E-state index in [9.17, 15) is 37.9 Å². The average Bonchev–Trinajstić information content (AvgIpc) is 3.71. The SMILES string of the molecule is CC(F)(F)CCC(NC(=O)C1CC2(CCN1C(=O)C(NC(=O)O)C(C)(C)C)CC2)C(=O)C(=O)NC1CC1. The minimum atomic E-state index is -3.11. The van der Waals surface area contributed by atoms with Gasteiger partial charge < -0.3 is 26.0 Å². The molecule has 0 aromatic carbocycles. The van der Waals surface area contributed by atoms with Crippen LogP contribution in [0.15, 0.2) is 0 Å². The fourth-order valence-electron chi connectivity index (χ4n) is 4.78. The molecule has 3 rings (SSSR count). The van der Waals surface area contributed by atoms with Crippen molar-refractivity contribution in [2.75, 3.05) is 6.54 Å². The standard InChI is InChI=1S/C25H38F2N4O6/c1-23(2,3)18(30-22(36)37)21(35)31-12-11-25(9-10-25)13-16(31)19(33)29-15(7-8-24(4,26)27)17(32)20(34)28-14-5-6-14/h14-16,18,30H,5-13H2,1-4H3,(H,28,34)(H,29,33)(H,36,37). The van der Waals surface area contributed by atoms with Crippen LogP contribution in [-0.2, 0) is 19.2 Å². The highest BCUT2D eigenvalue weighted by molar-refractivity contribution is 6.38. The van der Waals surface area contributed by atoms with E-state index in [0.29, 0.717) is 19.8 Å². The van der Waals surface area contributed by atoms with Gasteiger partial charge in [-0.3, -0.25) is 19.2 Å². The van der Waals surface area contributed by atoms with E-state index in [2.05, 4.69) is 16.0 Å². The molecule has 4 N–H and O–H groups in total. The second-order valence-electron chi connectivity index (χ2n) is 12.0. The number of halogens is 2. The van der Waals surface area contributed by atoms with E-state index in [-0.39, 0.29) is 18.0 Å². The second kappa shape index (κ2) is 10.5. The third kappa shape index (κ3) is 7.85. The zero-order valence-corrected chi connectivity index (χ0v) is 21.9. The van der Waals surface area contributed by atoms with Crippen LogP contribution in [0.1, 0.15) is 79.1 Å². The van der Waals surface area contributed by atoms with Crippen LogP contribution in [0.3, 0.4) is 0 Å². The van der Waals surface area contributed by atoms with Crippen LogP contribution in [0.5, 0.6) is 0 Å². The van der Waals surface area contributed by atoms with E-state index in [1.165, 1.54) is 4.90 Å². The number of carboxylic acid groups (broad SMARTS) is 1. The summed E-state index contributed by atoms with van der Waals surface area (Å²) in [6.45, 7) is 6.01. The van der Waals surface area contributed by atoms with E-state index >= 15 is 0 Å². The maximum Gasteiger partial charge on any atom is 0.405 e. The molecule has 3 atom stereocenters. The number of alkyl halides is 2. The summed E-state index contributed by atoms with van der Waals surface area (Å²) in [5.74, 6) is -6.32. The van der Waals surface area contributed by atoms with Gasteiger partial charge in [-0.05, 0) is 62.7 Å². The van der Waals surface area contributed by atoms with Crippen LogP contribution in [0, 0.1) is 10.8 Å². The third-order valence-electron chi connectivity index (χ3n) is 7.45. The maximum absolute atomic E-state index is 13.6. The monoisotopic (exact) mass is 528 g/mol. The van der Waals surface area contributed by atoms with E-state index < -0.39 is 71.9 Å². The largest absolute Gasteiger partial charge is 0.465 e. The molecule has 0 aromatic rings. The van der Waals surface area contributed by atoms with Gasteiger partial charge >= 0.3 is 6.09 Å². The number of ketones is 1. The Morgan fingerprint density at radius 1 is 1.03 bits per heavy atom. The van der Waals surface area contributed by atoms with Gasteiger partial charge in [0.2, 0.25) is 23.5 Å². The smallest absolute Gasteiger partial charge is 0.405 e. The third-order valence-corrected chi connectivity index (χ3v) is 7.45. The molecule has 0 aromatic heterocycles. The number of hydrogen-bond donors (Lipinski definition) is 4. The lowest BCUT2D eigenvalue weighted by Crippen LogP contribution is -2.62. The number of amides is 4. The molecule has 12 heteroatoms. The molecule has 1 spiro atoms. The Kier molecular flexibility index (Phi) is 8.19. The molecule has 3 aliphatic rings. The Bertz CT molecular complexity index is 936. The van der Waals surface area contributed by atoms with Crippen molar-refractivity contribution in [3.05, 3.63) is 0 Å². The number of hydrogen-bond acceptors (Lipinski definition) is 5. The van der Waals surface area contributed by atoms with Crippen LogP contribution in [0.25, 0.3) is 0 Å². The predicted molar refractivity (Wildman–Crippen MR) is 129 cm³/mol. The van der Waals surface area contributed by atoms with Gasteiger partial charge in [0.05, 0.1) is 6.04 Å².